The van der Waals surface area contributed by atoms with Crippen molar-refractivity contribution in [2.45, 2.75) is 18.9 Å². The summed E-state index contributed by atoms with van der Waals surface area (Å²) in [7, 11) is 0. The lowest BCUT2D eigenvalue weighted by Gasteiger charge is -2.21. The van der Waals surface area contributed by atoms with Crippen molar-refractivity contribution in [1.82, 2.24) is 10.3 Å². The SMILES string of the molecule is O=C1CCCNC1c1cccnc1. The number of hydrogen-bond acceptors (Lipinski definition) is 3. The quantitative estimate of drug-likeness (QED) is 0.696. The number of carbonyl (C=O) groups is 1. The molecule has 3 heteroatoms. The van der Waals surface area contributed by atoms with E-state index in [-0.39, 0.29) is 11.8 Å². The van der Waals surface area contributed by atoms with Gasteiger partial charge in [-0.05, 0) is 24.6 Å². The predicted octanol–water partition coefficient (Wildman–Crippen LogP) is 1.08. The lowest BCUT2D eigenvalue weighted by atomic mass is 9.98. The van der Waals surface area contributed by atoms with Crippen molar-refractivity contribution in [2.24, 2.45) is 0 Å². The molecule has 1 aromatic heterocycles. The standard InChI is InChI=1S/C10H12N2O/c13-9-4-2-6-12-10(9)8-3-1-5-11-7-8/h1,3,5,7,10,12H,2,4,6H2. The molecule has 1 atom stereocenters. The van der Waals surface area contributed by atoms with Crippen molar-refractivity contribution in [3.63, 3.8) is 0 Å². The first kappa shape index (κ1) is 8.38. The van der Waals surface area contributed by atoms with Gasteiger partial charge in [-0.2, -0.15) is 0 Å². The number of hydrogen-bond donors (Lipinski definition) is 1. The highest BCUT2D eigenvalue weighted by Crippen LogP contribution is 2.18. The van der Waals surface area contributed by atoms with Crippen molar-refractivity contribution >= 4 is 5.78 Å². The number of piperidine rings is 1. The van der Waals surface area contributed by atoms with Crippen LogP contribution in [-0.2, 0) is 4.79 Å². The molecule has 0 radical (unpaired) electrons. The van der Waals surface area contributed by atoms with Crippen LogP contribution >= 0.6 is 0 Å². The number of rotatable bonds is 1. The summed E-state index contributed by atoms with van der Waals surface area (Å²) in [6.07, 6.45) is 5.11. The molecule has 0 spiro atoms. The fraction of sp³-hybridized carbons (Fsp3) is 0.400. The molecule has 2 rings (SSSR count). The van der Waals surface area contributed by atoms with Gasteiger partial charge in [0, 0.05) is 18.8 Å². The minimum Gasteiger partial charge on any atom is -0.304 e. The van der Waals surface area contributed by atoms with Crippen molar-refractivity contribution in [2.75, 3.05) is 6.54 Å². The molecule has 1 aromatic rings. The Morgan fingerprint density at radius 3 is 3.15 bits per heavy atom. The molecule has 2 heterocycles. The summed E-state index contributed by atoms with van der Waals surface area (Å²) in [5.74, 6) is 0.277. The number of aromatic nitrogens is 1. The van der Waals surface area contributed by atoms with Crippen LogP contribution in [0.3, 0.4) is 0 Å². The average Bonchev–Trinajstić information content (AvgIpc) is 2.20. The first-order valence-electron chi connectivity index (χ1n) is 4.54. The first-order chi connectivity index (χ1) is 6.38. The number of carbonyl (C=O) groups excluding carboxylic acids is 1. The maximum Gasteiger partial charge on any atom is 0.154 e. The van der Waals surface area contributed by atoms with E-state index in [0.29, 0.717) is 6.42 Å². The maximum absolute atomic E-state index is 11.5. The second-order valence-electron chi connectivity index (χ2n) is 3.24. The molecule has 0 saturated carbocycles. The molecule has 3 nitrogen and oxygen atoms in total. The Bertz CT molecular complexity index is 297. The Hall–Kier alpha value is -1.22. The maximum atomic E-state index is 11.5. The summed E-state index contributed by atoms with van der Waals surface area (Å²) in [5.41, 5.74) is 0.979. The Labute approximate surface area is 77.2 Å². The van der Waals surface area contributed by atoms with E-state index in [1.54, 1.807) is 12.4 Å². The predicted molar refractivity (Wildman–Crippen MR) is 49.2 cm³/mol. The second-order valence-corrected chi connectivity index (χ2v) is 3.24. The van der Waals surface area contributed by atoms with E-state index in [9.17, 15) is 4.79 Å². The average molecular weight is 176 g/mol. The summed E-state index contributed by atoms with van der Waals surface area (Å²) in [6.45, 7) is 0.922. The summed E-state index contributed by atoms with van der Waals surface area (Å²) in [5, 5.41) is 3.20. The Morgan fingerprint density at radius 1 is 1.54 bits per heavy atom. The molecule has 68 valence electrons. The van der Waals surface area contributed by atoms with Crippen molar-refractivity contribution in [3.05, 3.63) is 30.1 Å². The van der Waals surface area contributed by atoms with E-state index >= 15 is 0 Å². The van der Waals surface area contributed by atoms with Crippen LogP contribution in [-0.4, -0.2) is 17.3 Å². The van der Waals surface area contributed by atoms with E-state index in [1.807, 2.05) is 12.1 Å². The van der Waals surface area contributed by atoms with Crippen LogP contribution < -0.4 is 5.32 Å². The van der Waals surface area contributed by atoms with Gasteiger partial charge in [0.1, 0.15) is 0 Å². The van der Waals surface area contributed by atoms with E-state index in [2.05, 4.69) is 10.3 Å². The minimum atomic E-state index is -0.123. The van der Waals surface area contributed by atoms with E-state index in [4.69, 9.17) is 0 Å². The Morgan fingerprint density at radius 2 is 2.46 bits per heavy atom. The zero-order valence-corrected chi connectivity index (χ0v) is 7.36. The van der Waals surface area contributed by atoms with Crippen LogP contribution in [0.1, 0.15) is 24.4 Å². The second kappa shape index (κ2) is 3.66. The molecular formula is C10H12N2O. The number of nitrogens with zero attached hydrogens (tertiary/aromatic N) is 1. The summed E-state index contributed by atoms with van der Waals surface area (Å²) < 4.78 is 0. The third-order valence-electron chi connectivity index (χ3n) is 2.29. The normalized spacial score (nSPS) is 23.1. The Balaban J connectivity index is 2.20. The largest absolute Gasteiger partial charge is 0.304 e. The van der Waals surface area contributed by atoms with Crippen LogP contribution in [0, 0.1) is 0 Å². The van der Waals surface area contributed by atoms with Crippen LogP contribution in [0.15, 0.2) is 24.5 Å². The smallest absolute Gasteiger partial charge is 0.154 e. The Kier molecular flexibility index (Phi) is 2.36. The first-order valence-corrected chi connectivity index (χ1v) is 4.54. The van der Waals surface area contributed by atoms with Gasteiger partial charge in [-0.25, -0.2) is 0 Å². The van der Waals surface area contributed by atoms with E-state index in [0.717, 1.165) is 18.5 Å². The summed E-state index contributed by atoms with van der Waals surface area (Å²) in [4.78, 5) is 15.5. The number of ketones is 1. The van der Waals surface area contributed by atoms with E-state index < -0.39 is 0 Å². The van der Waals surface area contributed by atoms with Gasteiger partial charge in [-0.3, -0.25) is 9.78 Å². The molecule has 0 aliphatic carbocycles. The number of nitrogens with one attached hydrogen (secondary N) is 1. The van der Waals surface area contributed by atoms with Gasteiger partial charge < -0.3 is 5.32 Å². The lowest BCUT2D eigenvalue weighted by molar-refractivity contribution is -0.122. The minimum absolute atomic E-state index is 0.123. The molecule has 1 unspecified atom stereocenters. The molecule has 1 saturated heterocycles. The summed E-state index contributed by atoms with van der Waals surface area (Å²) in [6, 6.07) is 3.68. The van der Waals surface area contributed by atoms with Crippen LogP contribution in [0.25, 0.3) is 0 Å². The van der Waals surface area contributed by atoms with Crippen LogP contribution in [0.4, 0.5) is 0 Å². The molecule has 1 N–H and O–H groups in total. The molecule has 0 amide bonds. The molecule has 1 fully saturated rings. The fourth-order valence-electron chi connectivity index (χ4n) is 1.62. The molecule has 13 heavy (non-hydrogen) atoms. The van der Waals surface area contributed by atoms with Crippen molar-refractivity contribution in [3.8, 4) is 0 Å². The molecule has 1 aliphatic heterocycles. The van der Waals surface area contributed by atoms with Gasteiger partial charge >= 0.3 is 0 Å². The van der Waals surface area contributed by atoms with Gasteiger partial charge in [0.15, 0.2) is 5.78 Å². The highest BCUT2D eigenvalue weighted by molar-refractivity contribution is 5.85. The number of Topliss-reactive ketones (excluding diaryl/α,β-unsaturated/α-hetero) is 1. The third-order valence-corrected chi connectivity index (χ3v) is 2.29. The molecular weight excluding hydrogens is 164 g/mol. The van der Waals surface area contributed by atoms with Gasteiger partial charge in [0.05, 0.1) is 6.04 Å². The zero-order valence-electron chi connectivity index (χ0n) is 7.36. The highest BCUT2D eigenvalue weighted by Gasteiger charge is 2.22. The topological polar surface area (TPSA) is 42.0 Å². The van der Waals surface area contributed by atoms with Crippen molar-refractivity contribution in [1.29, 1.82) is 0 Å². The van der Waals surface area contributed by atoms with Crippen molar-refractivity contribution < 1.29 is 4.79 Å². The molecule has 1 aliphatic rings. The van der Waals surface area contributed by atoms with Crippen LogP contribution in [0.5, 0.6) is 0 Å². The van der Waals surface area contributed by atoms with Crippen LogP contribution in [0.2, 0.25) is 0 Å². The zero-order chi connectivity index (χ0) is 9.10. The van der Waals surface area contributed by atoms with Gasteiger partial charge in [-0.15, -0.1) is 0 Å². The highest BCUT2D eigenvalue weighted by atomic mass is 16.1. The van der Waals surface area contributed by atoms with Gasteiger partial charge in [-0.1, -0.05) is 6.07 Å². The van der Waals surface area contributed by atoms with Gasteiger partial charge in [0.25, 0.3) is 0 Å². The molecule has 0 bridgehead atoms. The van der Waals surface area contributed by atoms with E-state index in [1.165, 1.54) is 0 Å². The summed E-state index contributed by atoms with van der Waals surface area (Å²) >= 11 is 0. The molecule has 0 aromatic carbocycles. The lowest BCUT2D eigenvalue weighted by Crippen LogP contribution is -2.34. The third kappa shape index (κ3) is 1.75. The monoisotopic (exact) mass is 176 g/mol. The number of pyridine rings is 1. The van der Waals surface area contributed by atoms with Gasteiger partial charge in [0.2, 0.25) is 0 Å². The fourth-order valence-corrected chi connectivity index (χ4v) is 1.62.